The van der Waals surface area contributed by atoms with Crippen molar-refractivity contribution in [3.05, 3.63) is 0 Å². The molecule has 0 aromatic carbocycles. The maximum absolute atomic E-state index is 11.5. The van der Waals surface area contributed by atoms with Crippen LogP contribution in [0.5, 0.6) is 0 Å². The van der Waals surface area contributed by atoms with Gasteiger partial charge in [-0.25, -0.2) is 13.1 Å². The van der Waals surface area contributed by atoms with Crippen molar-refractivity contribution in [3.8, 4) is 0 Å². The van der Waals surface area contributed by atoms with Gasteiger partial charge in [0.1, 0.15) is 0 Å². The lowest BCUT2D eigenvalue weighted by atomic mass is 10.2. The van der Waals surface area contributed by atoms with Gasteiger partial charge in [-0.1, -0.05) is 6.92 Å². The van der Waals surface area contributed by atoms with Crippen LogP contribution in [0.1, 0.15) is 27.2 Å². The molecule has 1 saturated heterocycles. The smallest absolute Gasteiger partial charge is 0.212 e. The maximum atomic E-state index is 11.5. The molecular weight excluding hydrogens is 206 g/mol. The van der Waals surface area contributed by atoms with Crippen LogP contribution in [0.15, 0.2) is 0 Å². The largest absolute Gasteiger partial charge is 0.214 e. The molecule has 1 rings (SSSR count). The van der Waals surface area contributed by atoms with Gasteiger partial charge in [-0.05, 0) is 20.3 Å². The monoisotopic (exact) mass is 223 g/mol. The summed E-state index contributed by atoms with van der Waals surface area (Å²) in [7, 11) is -3.07. The molecule has 0 bridgehead atoms. The highest BCUT2D eigenvalue weighted by atomic mass is 32.2. The van der Waals surface area contributed by atoms with E-state index in [1.54, 1.807) is 13.8 Å². The molecule has 78 valence electrons. The second kappa shape index (κ2) is 4.19. The second-order valence-electron chi connectivity index (χ2n) is 3.79. The molecule has 1 fully saturated rings. The molecule has 0 radical (unpaired) electrons. The van der Waals surface area contributed by atoms with E-state index in [2.05, 4.69) is 11.6 Å². The van der Waals surface area contributed by atoms with Gasteiger partial charge in [0.2, 0.25) is 10.0 Å². The van der Waals surface area contributed by atoms with Gasteiger partial charge in [0, 0.05) is 17.0 Å². The van der Waals surface area contributed by atoms with E-state index in [1.165, 1.54) is 0 Å². The van der Waals surface area contributed by atoms with E-state index in [1.807, 2.05) is 11.8 Å². The zero-order chi connectivity index (χ0) is 10.1. The zero-order valence-electron chi connectivity index (χ0n) is 8.28. The van der Waals surface area contributed by atoms with Gasteiger partial charge in [0.05, 0.1) is 5.25 Å². The summed E-state index contributed by atoms with van der Waals surface area (Å²) in [6.07, 6.45) is 0.955. The predicted octanol–water partition coefficient (Wildman–Crippen LogP) is 1.21. The van der Waals surface area contributed by atoms with Crippen molar-refractivity contribution in [1.29, 1.82) is 0 Å². The minimum atomic E-state index is -3.07. The Bertz CT molecular complexity index is 261. The van der Waals surface area contributed by atoms with Crippen molar-refractivity contribution >= 4 is 21.8 Å². The molecule has 2 unspecified atom stereocenters. The van der Waals surface area contributed by atoms with Crippen LogP contribution in [0.3, 0.4) is 0 Å². The third kappa shape index (κ3) is 3.14. The van der Waals surface area contributed by atoms with Crippen LogP contribution in [0, 0.1) is 0 Å². The first kappa shape index (κ1) is 11.3. The van der Waals surface area contributed by atoms with Gasteiger partial charge in [-0.15, -0.1) is 0 Å². The summed E-state index contributed by atoms with van der Waals surface area (Å²) in [6.45, 7) is 5.54. The Hall–Kier alpha value is 0.260. The van der Waals surface area contributed by atoms with Gasteiger partial charge in [0.25, 0.3) is 0 Å². The number of nitrogens with one attached hydrogen (secondary N) is 1. The Kier molecular flexibility index (Phi) is 3.65. The molecule has 1 N–H and O–H groups in total. The van der Waals surface area contributed by atoms with Crippen molar-refractivity contribution in [1.82, 2.24) is 4.72 Å². The van der Waals surface area contributed by atoms with Gasteiger partial charge in [0.15, 0.2) is 0 Å². The fraction of sp³-hybridized carbons (Fsp3) is 1.00. The molecule has 2 atom stereocenters. The summed E-state index contributed by atoms with van der Waals surface area (Å²) in [5.74, 6) is 0.910. The molecule has 3 nitrogen and oxygen atoms in total. The van der Waals surface area contributed by atoms with Crippen molar-refractivity contribution in [2.75, 3.05) is 5.75 Å². The highest BCUT2D eigenvalue weighted by molar-refractivity contribution is 8.00. The van der Waals surface area contributed by atoms with Gasteiger partial charge in [-0.2, -0.15) is 11.8 Å². The number of hydrogen-bond donors (Lipinski definition) is 1. The fourth-order valence-corrected chi connectivity index (χ4v) is 3.44. The van der Waals surface area contributed by atoms with Crippen molar-refractivity contribution in [3.63, 3.8) is 0 Å². The summed E-state index contributed by atoms with van der Waals surface area (Å²) in [6, 6.07) is 0.146. The summed E-state index contributed by atoms with van der Waals surface area (Å²) in [4.78, 5) is 0. The van der Waals surface area contributed by atoms with E-state index in [0.29, 0.717) is 5.25 Å². The van der Waals surface area contributed by atoms with Crippen LogP contribution >= 0.6 is 11.8 Å². The average Bonchev–Trinajstić information content (AvgIpc) is 2.34. The molecule has 13 heavy (non-hydrogen) atoms. The SMILES string of the molecule is CC1CC(NS(=O)(=O)C(C)C)CS1. The van der Waals surface area contributed by atoms with E-state index in [4.69, 9.17) is 0 Å². The molecule has 1 aliphatic heterocycles. The summed E-state index contributed by atoms with van der Waals surface area (Å²) in [5, 5.41) is 0.258. The summed E-state index contributed by atoms with van der Waals surface area (Å²) in [5.41, 5.74) is 0. The first-order valence-corrected chi connectivity index (χ1v) is 7.14. The molecule has 5 heteroatoms. The van der Waals surface area contributed by atoms with Crippen LogP contribution in [0.2, 0.25) is 0 Å². The normalized spacial score (nSPS) is 29.8. The van der Waals surface area contributed by atoms with E-state index in [0.717, 1.165) is 12.2 Å². The molecule has 1 heterocycles. The van der Waals surface area contributed by atoms with Gasteiger partial charge < -0.3 is 0 Å². The first-order valence-electron chi connectivity index (χ1n) is 4.54. The van der Waals surface area contributed by atoms with E-state index in [-0.39, 0.29) is 11.3 Å². The second-order valence-corrected chi connectivity index (χ2v) is 7.53. The Labute approximate surface area is 84.7 Å². The minimum Gasteiger partial charge on any atom is -0.212 e. The third-order valence-electron chi connectivity index (χ3n) is 2.15. The molecule has 0 aliphatic carbocycles. The summed E-state index contributed by atoms with van der Waals surface area (Å²) >= 11 is 1.83. The zero-order valence-corrected chi connectivity index (χ0v) is 9.91. The van der Waals surface area contributed by atoms with Gasteiger partial charge in [-0.3, -0.25) is 0 Å². The van der Waals surface area contributed by atoms with Crippen molar-refractivity contribution in [2.45, 2.75) is 43.7 Å². The Morgan fingerprint density at radius 2 is 2.08 bits per heavy atom. The topological polar surface area (TPSA) is 46.2 Å². The Morgan fingerprint density at radius 1 is 1.46 bits per heavy atom. The molecule has 0 spiro atoms. The lowest BCUT2D eigenvalue weighted by Crippen LogP contribution is -2.39. The van der Waals surface area contributed by atoms with E-state index in [9.17, 15) is 8.42 Å². The highest BCUT2D eigenvalue weighted by Gasteiger charge is 2.27. The molecular formula is C8H17NO2S2. The van der Waals surface area contributed by atoms with E-state index < -0.39 is 10.0 Å². The average molecular weight is 223 g/mol. The Balaban J connectivity index is 2.50. The molecule has 1 aliphatic rings. The van der Waals surface area contributed by atoms with Crippen molar-refractivity contribution in [2.24, 2.45) is 0 Å². The van der Waals surface area contributed by atoms with Gasteiger partial charge >= 0.3 is 0 Å². The summed E-state index contributed by atoms with van der Waals surface area (Å²) < 4.78 is 25.7. The molecule has 0 saturated carbocycles. The molecule has 0 amide bonds. The first-order chi connectivity index (χ1) is 5.92. The molecule has 0 aromatic heterocycles. The van der Waals surface area contributed by atoms with Crippen LogP contribution < -0.4 is 4.72 Å². The number of thioether (sulfide) groups is 1. The lowest BCUT2D eigenvalue weighted by molar-refractivity contribution is 0.549. The van der Waals surface area contributed by atoms with Crippen LogP contribution in [0.25, 0.3) is 0 Å². The fourth-order valence-electron chi connectivity index (χ4n) is 1.27. The van der Waals surface area contributed by atoms with Crippen molar-refractivity contribution < 1.29 is 8.42 Å². The maximum Gasteiger partial charge on any atom is 0.214 e. The standard InChI is InChI=1S/C8H17NO2S2/c1-6(2)13(10,11)9-8-4-7(3)12-5-8/h6-9H,4-5H2,1-3H3. The van der Waals surface area contributed by atoms with Crippen LogP contribution in [-0.4, -0.2) is 30.7 Å². The highest BCUT2D eigenvalue weighted by Crippen LogP contribution is 2.26. The molecule has 0 aromatic rings. The minimum absolute atomic E-state index is 0.146. The Morgan fingerprint density at radius 3 is 2.46 bits per heavy atom. The number of sulfonamides is 1. The quantitative estimate of drug-likeness (QED) is 0.782. The van der Waals surface area contributed by atoms with E-state index >= 15 is 0 Å². The lowest BCUT2D eigenvalue weighted by Gasteiger charge is -2.14. The number of hydrogen-bond acceptors (Lipinski definition) is 3. The van der Waals surface area contributed by atoms with Crippen LogP contribution in [0.4, 0.5) is 0 Å². The predicted molar refractivity (Wildman–Crippen MR) is 57.5 cm³/mol. The van der Waals surface area contributed by atoms with Crippen LogP contribution in [-0.2, 0) is 10.0 Å². The third-order valence-corrected chi connectivity index (χ3v) is 5.41. The number of rotatable bonds is 3.